The maximum Gasteiger partial charge on any atom is 0.106 e. The highest BCUT2D eigenvalue weighted by molar-refractivity contribution is 6.88. The van der Waals surface area contributed by atoms with E-state index in [1.54, 1.807) is 0 Å². The van der Waals surface area contributed by atoms with Gasteiger partial charge >= 0.3 is 0 Å². The van der Waals surface area contributed by atoms with E-state index in [2.05, 4.69) is 30.0 Å². The van der Waals surface area contributed by atoms with Crippen molar-refractivity contribution in [3.63, 3.8) is 0 Å². The second-order valence-corrected chi connectivity index (χ2v) is 9.65. The van der Waals surface area contributed by atoms with Crippen molar-refractivity contribution in [2.45, 2.75) is 19.6 Å². The van der Waals surface area contributed by atoms with Gasteiger partial charge in [0.05, 0.1) is 11.0 Å². The summed E-state index contributed by atoms with van der Waals surface area (Å²) in [4.78, 5) is 0. The molecule has 2 rings (SSSR count). The Balaban J connectivity index is 2.37. The molecule has 0 saturated carbocycles. The molecule has 78 valence electrons. The third kappa shape index (κ3) is 2.15. The van der Waals surface area contributed by atoms with Crippen molar-refractivity contribution in [2.24, 2.45) is 0 Å². The lowest BCUT2D eigenvalue weighted by molar-refractivity contribution is 0.804. The molecule has 0 aliphatic carbocycles. The lowest BCUT2D eigenvalue weighted by Gasteiger charge is -2.09. The zero-order valence-electron chi connectivity index (χ0n) is 9.31. The van der Waals surface area contributed by atoms with Crippen LogP contribution in [-0.4, -0.2) is 23.1 Å². The van der Waals surface area contributed by atoms with Crippen molar-refractivity contribution >= 4 is 13.4 Å². The van der Waals surface area contributed by atoms with Crippen molar-refractivity contribution in [1.82, 2.24) is 15.0 Å². The molecule has 1 heterocycles. The van der Waals surface area contributed by atoms with Gasteiger partial charge in [-0.25, -0.2) is 4.68 Å². The Morgan fingerprint density at radius 2 is 1.73 bits per heavy atom. The maximum absolute atomic E-state index is 4.24. The number of hydrogen-bond donors (Lipinski definition) is 0. The summed E-state index contributed by atoms with van der Waals surface area (Å²) < 4.78 is 1.84. The molecular weight excluding hydrogens is 202 g/mol. The van der Waals surface area contributed by atoms with Crippen LogP contribution in [0.3, 0.4) is 0 Å². The molecule has 0 N–H and O–H groups in total. The third-order valence-electron chi connectivity index (χ3n) is 2.28. The van der Waals surface area contributed by atoms with Gasteiger partial charge in [-0.05, 0) is 12.1 Å². The monoisotopic (exact) mass is 217 g/mol. The second kappa shape index (κ2) is 3.62. The first-order chi connectivity index (χ1) is 7.07. The molecule has 0 aliphatic rings. The van der Waals surface area contributed by atoms with Crippen LogP contribution in [0.5, 0.6) is 0 Å². The van der Waals surface area contributed by atoms with Crippen LogP contribution in [0.25, 0.3) is 5.69 Å². The molecular formula is C11H15N3Si. The van der Waals surface area contributed by atoms with Crippen LogP contribution in [0.4, 0.5) is 0 Å². The maximum atomic E-state index is 4.24. The molecule has 0 fully saturated rings. The molecule has 0 amide bonds. The molecule has 15 heavy (non-hydrogen) atoms. The molecule has 0 radical (unpaired) electrons. The van der Waals surface area contributed by atoms with Crippen LogP contribution >= 0.6 is 0 Å². The fourth-order valence-corrected chi connectivity index (χ4v) is 2.17. The van der Waals surface area contributed by atoms with Gasteiger partial charge in [0.25, 0.3) is 0 Å². The molecule has 0 spiro atoms. The van der Waals surface area contributed by atoms with Gasteiger partial charge in [0, 0.05) is 6.20 Å². The predicted molar refractivity (Wildman–Crippen MR) is 64.3 cm³/mol. The van der Waals surface area contributed by atoms with Crippen LogP contribution in [0.15, 0.2) is 36.5 Å². The van der Waals surface area contributed by atoms with Gasteiger partial charge in [0.2, 0.25) is 0 Å². The van der Waals surface area contributed by atoms with Crippen LogP contribution in [0.2, 0.25) is 19.6 Å². The van der Waals surface area contributed by atoms with E-state index in [-0.39, 0.29) is 0 Å². The van der Waals surface area contributed by atoms with Gasteiger partial charge in [0.15, 0.2) is 0 Å². The number of nitrogens with zero attached hydrogens (tertiary/aromatic N) is 3. The first-order valence-corrected chi connectivity index (χ1v) is 8.55. The summed E-state index contributed by atoms with van der Waals surface area (Å²) >= 11 is 0. The topological polar surface area (TPSA) is 30.7 Å². The standard InChI is InChI=1S/C11H15N3Si/c1-15(2,3)11-9-14(13-12-11)10-7-5-4-6-8-10/h4-9H,1-3H3. The average Bonchev–Trinajstić information content (AvgIpc) is 2.67. The van der Waals surface area contributed by atoms with Gasteiger partial charge in [-0.2, -0.15) is 0 Å². The van der Waals surface area contributed by atoms with E-state index in [1.165, 1.54) is 0 Å². The SMILES string of the molecule is C[Si](C)(C)c1cn(-c2ccccc2)nn1. The molecule has 0 atom stereocenters. The van der Waals surface area contributed by atoms with Gasteiger partial charge < -0.3 is 0 Å². The molecule has 0 bridgehead atoms. The summed E-state index contributed by atoms with van der Waals surface area (Å²) in [6, 6.07) is 10.1. The zero-order valence-corrected chi connectivity index (χ0v) is 10.3. The van der Waals surface area contributed by atoms with Crippen molar-refractivity contribution in [3.05, 3.63) is 36.5 Å². The lowest BCUT2D eigenvalue weighted by atomic mass is 10.3. The Morgan fingerprint density at radius 1 is 1.07 bits per heavy atom. The summed E-state index contributed by atoms with van der Waals surface area (Å²) in [5.41, 5.74) is 1.06. The minimum atomic E-state index is -1.34. The first kappa shape index (κ1) is 10.1. The Morgan fingerprint density at radius 3 is 2.27 bits per heavy atom. The minimum absolute atomic E-state index is 1.06. The third-order valence-corrected chi connectivity index (χ3v) is 4.05. The van der Waals surface area contributed by atoms with Crippen LogP contribution in [0, 0.1) is 0 Å². The molecule has 0 unspecified atom stereocenters. The number of rotatable bonds is 2. The van der Waals surface area contributed by atoms with Crippen LogP contribution < -0.4 is 5.32 Å². The molecule has 2 aromatic rings. The van der Waals surface area contributed by atoms with Crippen molar-refractivity contribution in [2.75, 3.05) is 0 Å². The zero-order chi connectivity index (χ0) is 10.9. The predicted octanol–water partition coefficient (Wildman–Crippen LogP) is 1.81. The number of benzene rings is 1. The van der Waals surface area contributed by atoms with E-state index >= 15 is 0 Å². The molecule has 1 aromatic carbocycles. The van der Waals surface area contributed by atoms with Crippen molar-refractivity contribution in [1.29, 1.82) is 0 Å². The molecule has 4 heteroatoms. The minimum Gasteiger partial charge on any atom is -0.221 e. The number of para-hydroxylation sites is 1. The highest BCUT2D eigenvalue weighted by Gasteiger charge is 2.20. The Labute approximate surface area is 90.8 Å². The second-order valence-electron chi connectivity index (χ2n) is 4.63. The van der Waals surface area contributed by atoms with Gasteiger partial charge in [-0.15, -0.1) is 5.10 Å². The Kier molecular flexibility index (Phi) is 2.44. The van der Waals surface area contributed by atoms with Gasteiger partial charge in [-0.1, -0.05) is 43.1 Å². The molecule has 0 saturated heterocycles. The van der Waals surface area contributed by atoms with Gasteiger partial charge in [0.1, 0.15) is 8.07 Å². The summed E-state index contributed by atoms with van der Waals surface area (Å²) in [6.45, 7) is 6.81. The molecule has 3 nitrogen and oxygen atoms in total. The van der Waals surface area contributed by atoms with Crippen LogP contribution in [-0.2, 0) is 0 Å². The Hall–Kier alpha value is -1.42. The summed E-state index contributed by atoms with van der Waals surface area (Å²) in [7, 11) is -1.34. The van der Waals surface area contributed by atoms with E-state index in [9.17, 15) is 0 Å². The fourth-order valence-electron chi connectivity index (χ4n) is 1.31. The quantitative estimate of drug-likeness (QED) is 0.718. The molecule has 1 aromatic heterocycles. The number of aromatic nitrogens is 3. The fraction of sp³-hybridized carbons (Fsp3) is 0.273. The van der Waals surface area contributed by atoms with E-state index in [0.29, 0.717) is 0 Å². The van der Waals surface area contributed by atoms with E-state index in [1.807, 2.05) is 41.2 Å². The normalized spacial score (nSPS) is 11.7. The van der Waals surface area contributed by atoms with E-state index in [4.69, 9.17) is 0 Å². The lowest BCUT2D eigenvalue weighted by Crippen LogP contribution is -2.38. The summed E-state index contributed by atoms with van der Waals surface area (Å²) in [6.07, 6.45) is 2.04. The van der Waals surface area contributed by atoms with Crippen LogP contribution in [0.1, 0.15) is 0 Å². The largest absolute Gasteiger partial charge is 0.221 e. The van der Waals surface area contributed by atoms with Crippen molar-refractivity contribution < 1.29 is 0 Å². The number of hydrogen-bond acceptors (Lipinski definition) is 2. The van der Waals surface area contributed by atoms with E-state index in [0.717, 1.165) is 11.0 Å². The summed E-state index contributed by atoms with van der Waals surface area (Å²) in [5, 5.41) is 9.54. The average molecular weight is 217 g/mol. The summed E-state index contributed by atoms with van der Waals surface area (Å²) in [5.74, 6) is 0. The van der Waals surface area contributed by atoms with E-state index < -0.39 is 8.07 Å². The highest BCUT2D eigenvalue weighted by Crippen LogP contribution is 2.05. The van der Waals surface area contributed by atoms with Gasteiger partial charge in [-0.3, -0.25) is 0 Å². The smallest absolute Gasteiger partial charge is 0.106 e. The highest BCUT2D eigenvalue weighted by atomic mass is 28.3. The van der Waals surface area contributed by atoms with Crippen molar-refractivity contribution in [3.8, 4) is 5.69 Å². The first-order valence-electron chi connectivity index (χ1n) is 5.05. The molecule has 0 aliphatic heterocycles. The Bertz CT molecular complexity index is 442.